The number of methoxy groups -OCH3 is 1. The van der Waals surface area contributed by atoms with Gasteiger partial charge in [0.05, 0.1) is 31.7 Å². The van der Waals surface area contributed by atoms with Crippen LogP contribution < -0.4 is 27.0 Å². The summed E-state index contributed by atoms with van der Waals surface area (Å²) in [4.78, 5) is 79.1. The fraction of sp³-hybridized carbons (Fsp3) is 0.667. The standard InChI is InChI=1S/C36H58N6O9/c1-9-22(4)30(33(47)40-29(21(2)3)34(48)50-8)41-32(46)26-16-13-17-42(26)20-27(43)24(18-23-14-11-10-12-15-23)38-31(45)25(19-28(37)44)39-35(49)51-36(5,6)7/h10-12,14-15,21-22,24-27,29-30,43H,9,13,16-20H2,1-8H3,(H2,37,44)(H,38,45)(H,39,49)(H,40,47)(H,41,46)/t22?,24-,25?,26?,27?,29?,30?/m0/s1. The molecule has 2 rings (SSSR count). The van der Waals surface area contributed by atoms with E-state index < -0.39 is 84.0 Å². The van der Waals surface area contributed by atoms with Gasteiger partial charge < -0.3 is 41.6 Å². The van der Waals surface area contributed by atoms with Gasteiger partial charge >= 0.3 is 12.1 Å². The predicted molar refractivity (Wildman–Crippen MR) is 190 cm³/mol. The van der Waals surface area contributed by atoms with Crippen molar-refractivity contribution >= 4 is 35.7 Å². The molecule has 7 atom stereocenters. The second-order valence-electron chi connectivity index (χ2n) is 14.5. The number of hydrogen-bond acceptors (Lipinski definition) is 10. The van der Waals surface area contributed by atoms with Crippen molar-refractivity contribution < 1.29 is 43.3 Å². The summed E-state index contributed by atoms with van der Waals surface area (Å²) in [7, 11) is 1.25. The van der Waals surface area contributed by atoms with Gasteiger partial charge in [0.25, 0.3) is 0 Å². The van der Waals surface area contributed by atoms with E-state index in [-0.39, 0.29) is 24.8 Å². The van der Waals surface area contributed by atoms with Crippen molar-refractivity contribution in [1.29, 1.82) is 0 Å². The van der Waals surface area contributed by atoms with Crippen LogP contribution in [0.25, 0.3) is 0 Å². The molecule has 0 bridgehead atoms. The summed E-state index contributed by atoms with van der Waals surface area (Å²) in [5.74, 6) is -3.55. The molecule has 0 radical (unpaired) electrons. The number of esters is 1. The van der Waals surface area contributed by atoms with Crippen molar-refractivity contribution in [2.24, 2.45) is 17.6 Å². The van der Waals surface area contributed by atoms with Crippen LogP contribution in [0.5, 0.6) is 0 Å². The number of ether oxygens (including phenoxy) is 2. The normalized spacial score (nSPS) is 18.4. The second kappa shape index (κ2) is 20.0. The SMILES string of the molecule is CCC(C)C(NC(=O)C1CCCN1CC(O)[C@H](Cc1ccccc1)NC(=O)C(CC(N)=O)NC(=O)OC(C)(C)C)C(=O)NC(C(=O)OC)C(C)C. The van der Waals surface area contributed by atoms with Gasteiger partial charge in [0.15, 0.2) is 0 Å². The maximum atomic E-state index is 13.7. The number of nitrogens with one attached hydrogen (secondary N) is 4. The van der Waals surface area contributed by atoms with Gasteiger partial charge in [0.1, 0.15) is 23.7 Å². The van der Waals surface area contributed by atoms with Gasteiger partial charge in [-0.3, -0.25) is 24.1 Å². The lowest BCUT2D eigenvalue weighted by molar-refractivity contribution is -0.147. The molecule has 286 valence electrons. The first-order valence-electron chi connectivity index (χ1n) is 17.6. The summed E-state index contributed by atoms with van der Waals surface area (Å²) in [6.07, 6.45) is -0.712. The number of rotatable bonds is 18. The van der Waals surface area contributed by atoms with Crippen LogP contribution in [-0.4, -0.2) is 108 Å². The summed E-state index contributed by atoms with van der Waals surface area (Å²) in [5, 5.41) is 22.4. The summed E-state index contributed by atoms with van der Waals surface area (Å²) >= 11 is 0. The van der Waals surface area contributed by atoms with Crippen LogP contribution in [0.4, 0.5) is 4.79 Å². The summed E-state index contributed by atoms with van der Waals surface area (Å²) < 4.78 is 10.1. The van der Waals surface area contributed by atoms with E-state index in [1.807, 2.05) is 44.2 Å². The number of aliphatic hydroxyl groups excluding tert-OH is 1. The maximum Gasteiger partial charge on any atom is 0.408 e. The maximum absolute atomic E-state index is 13.7. The number of hydrogen-bond donors (Lipinski definition) is 6. The van der Waals surface area contributed by atoms with Crippen molar-refractivity contribution in [2.75, 3.05) is 20.2 Å². The van der Waals surface area contributed by atoms with Gasteiger partial charge in [-0.15, -0.1) is 0 Å². The van der Waals surface area contributed by atoms with Crippen LogP contribution in [0.15, 0.2) is 30.3 Å². The molecular formula is C36H58N6O9. The Balaban J connectivity index is 2.26. The number of likely N-dealkylation sites (tertiary alicyclic amines) is 1. The number of amides is 5. The Morgan fingerprint density at radius 1 is 0.961 bits per heavy atom. The van der Waals surface area contributed by atoms with Crippen molar-refractivity contribution in [1.82, 2.24) is 26.2 Å². The highest BCUT2D eigenvalue weighted by atomic mass is 16.6. The molecule has 1 aliphatic heterocycles. The molecule has 1 aliphatic rings. The number of β-amino-alcohol motifs (C(OH)–C–C–N with tert-alkyl or cyclic N) is 1. The van der Waals surface area contributed by atoms with E-state index in [0.29, 0.717) is 25.8 Å². The van der Waals surface area contributed by atoms with Crippen molar-refractivity contribution in [2.45, 2.75) is 122 Å². The fourth-order valence-corrected chi connectivity index (χ4v) is 5.82. The minimum Gasteiger partial charge on any atom is -0.467 e. The van der Waals surface area contributed by atoms with Gasteiger partial charge in [0.2, 0.25) is 23.6 Å². The molecule has 1 aromatic carbocycles. The van der Waals surface area contributed by atoms with E-state index in [4.69, 9.17) is 15.2 Å². The Morgan fingerprint density at radius 3 is 2.16 bits per heavy atom. The number of alkyl carbamates (subject to hydrolysis) is 1. The van der Waals surface area contributed by atoms with Gasteiger partial charge in [-0.2, -0.15) is 0 Å². The first-order valence-corrected chi connectivity index (χ1v) is 17.6. The fourth-order valence-electron chi connectivity index (χ4n) is 5.82. The molecule has 5 amide bonds. The topological polar surface area (TPSA) is 218 Å². The van der Waals surface area contributed by atoms with E-state index in [2.05, 4.69) is 21.3 Å². The molecule has 7 N–H and O–H groups in total. The molecule has 1 saturated heterocycles. The van der Waals surface area contributed by atoms with E-state index in [0.717, 1.165) is 5.56 Å². The minimum atomic E-state index is -1.37. The van der Waals surface area contributed by atoms with Crippen LogP contribution in [0.3, 0.4) is 0 Å². The zero-order valence-electron chi connectivity index (χ0n) is 31.2. The lowest BCUT2D eigenvalue weighted by Gasteiger charge is -2.33. The lowest BCUT2D eigenvalue weighted by atomic mass is 9.96. The molecule has 0 saturated carbocycles. The third-order valence-electron chi connectivity index (χ3n) is 8.80. The minimum absolute atomic E-state index is 0.00614. The first kappa shape index (κ1) is 42.9. The van der Waals surface area contributed by atoms with Crippen LogP contribution in [0.1, 0.15) is 79.7 Å². The predicted octanol–water partition coefficient (Wildman–Crippen LogP) is 1.15. The van der Waals surface area contributed by atoms with Crippen molar-refractivity contribution in [3.8, 4) is 0 Å². The van der Waals surface area contributed by atoms with E-state index in [9.17, 15) is 33.9 Å². The third kappa shape index (κ3) is 14.1. The van der Waals surface area contributed by atoms with Crippen molar-refractivity contribution in [3.05, 3.63) is 35.9 Å². The largest absolute Gasteiger partial charge is 0.467 e. The Morgan fingerprint density at radius 2 is 1.61 bits per heavy atom. The number of benzene rings is 1. The highest BCUT2D eigenvalue weighted by molar-refractivity contribution is 5.92. The van der Waals surface area contributed by atoms with Crippen LogP contribution in [0.2, 0.25) is 0 Å². The van der Waals surface area contributed by atoms with Crippen molar-refractivity contribution in [3.63, 3.8) is 0 Å². The number of nitrogens with zero attached hydrogens (tertiary/aromatic N) is 1. The number of primary amides is 1. The molecule has 1 heterocycles. The lowest BCUT2D eigenvalue weighted by Crippen LogP contribution is -2.59. The molecule has 15 heteroatoms. The van der Waals surface area contributed by atoms with Gasteiger partial charge in [-0.1, -0.05) is 64.4 Å². The third-order valence-corrected chi connectivity index (χ3v) is 8.80. The highest BCUT2D eigenvalue weighted by Gasteiger charge is 2.38. The molecular weight excluding hydrogens is 660 g/mol. The van der Waals surface area contributed by atoms with Crippen LogP contribution in [0, 0.1) is 11.8 Å². The van der Waals surface area contributed by atoms with Crippen LogP contribution in [-0.2, 0) is 39.9 Å². The quantitative estimate of drug-likeness (QED) is 0.119. The number of carbonyl (C=O) groups excluding carboxylic acids is 6. The number of aliphatic hydroxyl groups is 1. The molecule has 6 unspecified atom stereocenters. The summed E-state index contributed by atoms with van der Waals surface area (Å²) in [6, 6.07) is 4.39. The zero-order valence-corrected chi connectivity index (χ0v) is 31.2. The molecule has 15 nitrogen and oxygen atoms in total. The first-order chi connectivity index (χ1) is 23.9. The number of carbonyl (C=O) groups is 6. The highest BCUT2D eigenvalue weighted by Crippen LogP contribution is 2.21. The Labute approximate surface area is 301 Å². The molecule has 0 aromatic heterocycles. The summed E-state index contributed by atoms with van der Waals surface area (Å²) in [6.45, 7) is 12.7. The Kier molecular flexibility index (Phi) is 16.8. The number of nitrogens with two attached hydrogens (primary N) is 1. The second-order valence-corrected chi connectivity index (χ2v) is 14.5. The molecule has 1 fully saturated rings. The molecule has 51 heavy (non-hydrogen) atoms. The summed E-state index contributed by atoms with van der Waals surface area (Å²) in [5.41, 5.74) is 5.33. The van der Waals surface area contributed by atoms with E-state index in [1.54, 1.807) is 39.5 Å². The van der Waals surface area contributed by atoms with E-state index in [1.165, 1.54) is 7.11 Å². The Bertz CT molecular complexity index is 1340. The molecule has 0 aliphatic carbocycles. The van der Waals surface area contributed by atoms with Gasteiger partial charge in [0, 0.05) is 6.54 Å². The molecule has 1 aromatic rings. The van der Waals surface area contributed by atoms with Crippen LogP contribution >= 0.6 is 0 Å². The zero-order chi connectivity index (χ0) is 38.5. The van der Waals surface area contributed by atoms with Gasteiger partial charge in [-0.05, 0) is 64.0 Å². The van der Waals surface area contributed by atoms with E-state index >= 15 is 0 Å². The smallest absolute Gasteiger partial charge is 0.408 e. The monoisotopic (exact) mass is 718 g/mol. The average Bonchev–Trinajstić information content (AvgIpc) is 3.51. The van der Waals surface area contributed by atoms with Gasteiger partial charge in [-0.25, -0.2) is 9.59 Å². The molecule has 0 spiro atoms. The average molecular weight is 719 g/mol. The Hall–Kier alpha value is -4.24.